The van der Waals surface area contributed by atoms with Crippen molar-refractivity contribution in [1.29, 1.82) is 0 Å². The van der Waals surface area contributed by atoms with Gasteiger partial charge in [0.1, 0.15) is 5.82 Å². The zero-order valence-electron chi connectivity index (χ0n) is 10.0. The molecule has 0 spiro atoms. The first-order chi connectivity index (χ1) is 8.72. The quantitative estimate of drug-likeness (QED) is 0.913. The zero-order valence-corrected chi connectivity index (χ0v) is 10.8. The third kappa shape index (κ3) is 2.86. The largest absolute Gasteiger partial charge is 0.306 e. The number of nitrogens with one attached hydrogen (secondary N) is 1. The highest BCUT2D eigenvalue weighted by Gasteiger charge is 2.17. The van der Waals surface area contributed by atoms with Gasteiger partial charge in [-0.1, -0.05) is 30.7 Å². The highest BCUT2D eigenvalue weighted by Crippen LogP contribution is 2.25. The molecule has 1 atom stereocenters. The second kappa shape index (κ2) is 5.94. The lowest BCUT2D eigenvalue weighted by Gasteiger charge is -2.19. The van der Waals surface area contributed by atoms with Crippen LogP contribution in [0.3, 0.4) is 0 Å². The Morgan fingerprint density at radius 2 is 2.22 bits per heavy atom. The molecule has 2 aromatic rings. The molecule has 18 heavy (non-hydrogen) atoms. The molecule has 2 nitrogen and oxygen atoms in total. The summed E-state index contributed by atoms with van der Waals surface area (Å²) >= 11 is 5.77. The minimum Gasteiger partial charge on any atom is -0.306 e. The Bertz CT molecular complexity index is 516. The van der Waals surface area contributed by atoms with Crippen molar-refractivity contribution in [3.63, 3.8) is 0 Å². The van der Waals surface area contributed by atoms with Gasteiger partial charge in [-0.05, 0) is 30.3 Å². The molecule has 4 heteroatoms. The molecule has 0 aliphatic carbocycles. The Balaban J connectivity index is 2.41. The van der Waals surface area contributed by atoms with Crippen LogP contribution in [0, 0.1) is 5.82 Å². The van der Waals surface area contributed by atoms with E-state index in [4.69, 9.17) is 11.6 Å². The normalized spacial score (nSPS) is 12.4. The van der Waals surface area contributed by atoms with Crippen molar-refractivity contribution in [3.05, 3.63) is 64.7 Å². The molecule has 2 rings (SSSR count). The van der Waals surface area contributed by atoms with E-state index in [1.165, 1.54) is 6.07 Å². The second-order valence-electron chi connectivity index (χ2n) is 3.94. The Labute approximate surface area is 111 Å². The molecule has 0 aliphatic heterocycles. The Kier molecular flexibility index (Phi) is 4.28. The van der Waals surface area contributed by atoms with Crippen LogP contribution in [-0.4, -0.2) is 11.5 Å². The van der Waals surface area contributed by atoms with Gasteiger partial charge in [-0.25, -0.2) is 4.39 Å². The van der Waals surface area contributed by atoms with E-state index in [2.05, 4.69) is 10.3 Å². The third-order valence-corrected chi connectivity index (χ3v) is 2.93. The molecule has 0 fully saturated rings. The first-order valence-corrected chi connectivity index (χ1v) is 6.18. The molecule has 1 aromatic heterocycles. The van der Waals surface area contributed by atoms with Crippen molar-refractivity contribution in [3.8, 4) is 0 Å². The van der Waals surface area contributed by atoms with E-state index in [1.807, 2.05) is 19.1 Å². The number of hydrogen-bond donors (Lipinski definition) is 1. The lowest BCUT2D eigenvalue weighted by molar-refractivity contribution is 0.558. The van der Waals surface area contributed by atoms with Gasteiger partial charge in [-0.15, -0.1) is 0 Å². The van der Waals surface area contributed by atoms with Crippen LogP contribution in [0.4, 0.5) is 4.39 Å². The molecule has 0 saturated heterocycles. The van der Waals surface area contributed by atoms with Gasteiger partial charge >= 0.3 is 0 Å². The second-order valence-corrected chi connectivity index (χ2v) is 4.38. The van der Waals surface area contributed by atoms with Crippen molar-refractivity contribution in [2.24, 2.45) is 0 Å². The summed E-state index contributed by atoms with van der Waals surface area (Å²) in [5.41, 5.74) is 1.51. The summed E-state index contributed by atoms with van der Waals surface area (Å²) in [5.74, 6) is -0.308. The Hall–Kier alpha value is -1.45. The maximum atomic E-state index is 14.0. The van der Waals surface area contributed by atoms with Crippen LogP contribution in [0.25, 0.3) is 0 Å². The fraction of sp³-hybridized carbons (Fsp3) is 0.214. The van der Waals surface area contributed by atoms with Crippen LogP contribution < -0.4 is 5.32 Å². The van der Waals surface area contributed by atoms with E-state index in [0.717, 1.165) is 12.1 Å². The number of aromatic nitrogens is 1. The molecule has 1 unspecified atom stereocenters. The number of nitrogens with zero attached hydrogens (tertiary/aromatic N) is 1. The standard InChI is InChI=1S/C14H14ClFN2/c1-2-18-14(10-4-3-7-17-9-10)12-6-5-11(15)8-13(12)16/h3-9,14,18H,2H2,1H3. The number of pyridine rings is 1. The van der Waals surface area contributed by atoms with Crippen molar-refractivity contribution < 1.29 is 4.39 Å². The van der Waals surface area contributed by atoms with Crippen LogP contribution in [0.5, 0.6) is 0 Å². The monoisotopic (exact) mass is 264 g/mol. The van der Waals surface area contributed by atoms with Crippen molar-refractivity contribution in [1.82, 2.24) is 10.3 Å². The van der Waals surface area contributed by atoms with E-state index in [0.29, 0.717) is 10.6 Å². The van der Waals surface area contributed by atoms with Gasteiger partial charge in [0.05, 0.1) is 6.04 Å². The van der Waals surface area contributed by atoms with Gasteiger partial charge in [0.15, 0.2) is 0 Å². The molecular formula is C14H14ClFN2. The van der Waals surface area contributed by atoms with Gasteiger partial charge in [0, 0.05) is 23.0 Å². The topological polar surface area (TPSA) is 24.9 Å². The molecule has 0 saturated carbocycles. The average molecular weight is 265 g/mol. The lowest BCUT2D eigenvalue weighted by Crippen LogP contribution is -2.23. The minimum atomic E-state index is -0.308. The summed E-state index contributed by atoms with van der Waals surface area (Å²) in [6.07, 6.45) is 3.44. The molecule has 0 amide bonds. The van der Waals surface area contributed by atoms with E-state index < -0.39 is 0 Å². The average Bonchev–Trinajstić information content (AvgIpc) is 2.38. The predicted molar refractivity (Wildman–Crippen MR) is 71.2 cm³/mol. The number of rotatable bonds is 4. The predicted octanol–water partition coefficient (Wildman–Crippen LogP) is 3.57. The first kappa shape index (κ1) is 13.0. The van der Waals surface area contributed by atoms with Gasteiger partial charge in [0.2, 0.25) is 0 Å². The maximum Gasteiger partial charge on any atom is 0.129 e. The third-order valence-electron chi connectivity index (χ3n) is 2.70. The first-order valence-electron chi connectivity index (χ1n) is 5.80. The zero-order chi connectivity index (χ0) is 13.0. The Morgan fingerprint density at radius 3 is 2.83 bits per heavy atom. The van der Waals surface area contributed by atoms with Gasteiger partial charge in [0.25, 0.3) is 0 Å². The number of hydrogen-bond acceptors (Lipinski definition) is 2. The SMILES string of the molecule is CCNC(c1cccnc1)c1ccc(Cl)cc1F. The van der Waals surface area contributed by atoms with Gasteiger partial charge < -0.3 is 5.32 Å². The van der Waals surface area contributed by atoms with Crippen LogP contribution in [0.15, 0.2) is 42.7 Å². The molecule has 1 heterocycles. The Morgan fingerprint density at radius 1 is 1.39 bits per heavy atom. The van der Waals surface area contributed by atoms with E-state index in [1.54, 1.807) is 24.5 Å². The molecule has 0 bridgehead atoms. The lowest BCUT2D eigenvalue weighted by atomic mass is 9.99. The summed E-state index contributed by atoms with van der Waals surface area (Å²) in [6, 6.07) is 8.29. The molecular weight excluding hydrogens is 251 g/mol. The number of halogens is 2. The van der Waals surface area contributed by atoms with E-state index in [9.17, 15) is 4.39 Å². The number of benzene rings is 1. The van der Waals surface area contributed by atoms with E-state index >= 15 is 0 Å². The summed E-state index contributed by atoms with van der Waals surface area (Å²) in [5, 5.41) is 3.65. The van der Waals surface area contributed by atoms with Crippen LogP contribution >= 0.6 is 11.6 Å². The van der Waals surface area contributed by atoms with Crippen LogP contribution in [0.2, 0.25) is 5.02 Å². The van der Waals surface area contributed by atoms with Crippen molar-refractivity contribution in [2.45, 2.75) is 13.0 Å². The summed E-state index contributed by atoms with van der Waals surface area (Å²) < 4.78 is 14.0. The molecule has 1 aromatic carbocycles. The van der Waals surface area contributed by atoms with Crippen LogP contribution in [0.1, 0.15) is 24.1 Å². The van der Waals surface area contributed by atoms with Crippen molar-refractivity contribution >= 4 is 11.6 Å². The summed E-state index contributed by atoms with van der Waals surface area (Å²) in [4.78, 5) is 4.07. The smallest absolute Gasteiger partial charge is 0.129 e. The maximum absolute atomic E-state index is 14.0. The van der Waals surface area contributed by atoms with Gasteiger partial charge in [-0.3, -0.25) is 4.98 Å². The highest BCUT2D eigenvalue weighted by atomic mass is 35.5. The summed E-state index contributed by atoms with van der Waals surface area (Å²) in [7, 11) is 0. The molecule has 1 N–H and O–H groups in total. The fourth-order valence-electron chi connectivity index (χ4n) is 1.89. The molecule has 0 aliphatic rings. The van der Waals surface area contributed by atoms with Crippen molar-refractivity contribution in [2.75, 3.05) is 6.54 Å². The van der Waals surface area contributed by atoms with Crippen LogP contribution in [-0.2, 0) is 0 Å². The summed E-state index contributed by atoms with van der Waals surface area (Å²) in [6.45, 7) is 2.72. The highest BCUT2D eigenvalue weighted by molar-refractivity contribution is 6.30. The minimum absolute atomic E-state index is 0.207. The molecule has 94 valence electrons. The van der Waals surface area contributed by atoms with E-state index in [-0.39, 0.29) is 11.9 Å². The van der Waals surface area contributed by atoms with Gasteiger partial charge in [-0.2, -0.15) is 0 Å². The molecule has 0 radical (unpaired) electrons. The fourth-order valence-corrected chi connectivity index (χ4v) is 2.05.